The van der Waals surface area contributed by atoms with Gasteiger partial charge in [0.15, 0.2) is 0 Å². The van der Waals surface area contributed by atoms with Crippen molar-refractivity contribution in [1.82, 2.24) is 0 Å². The summed E-state index contributed by atoms with van der Waals surface area (Å²) >= 11 is 1.97. The molecule has 2 nitrogen and oxygen atoms in total. The Labute approximate surface area is 79.0 Å². The minimum atomic E-state index is 0.501. The van der Waals surface area contributed by atoms with Crippen molar-refractivity contribution < 1.29 is 0 Å². The molecule has 0 aromatic carbocycles. The van der Waals surface area contributed by atoms with Gasteiger partial charge in [-0.05, 0) is 32.4 Å². The van der Waals surface area contributed by atoms with Gasteiger partial charge >= 0.3 is 0 Å². The lowest BCUT2D eigenvalue weighted by Crippen LogP contribution is -2.22. The smallest absolute Gasteiger partial charge is 0.0909 e. The number of nitrogens with two attached hydrogens (primary N) is 1. The van der Waals surface area contributed by atoms with Gasteiger partial charge in [0.25, 0.3) is 0 Å². The van der Waals surface area contributed by atoms with E-state index in [1.165, 1.54) is 25.7 Å². The maximum Gasteiger partial charge on any atom is 0.0909 e. The summed E-state index contributed by atoms with van der Waals surface area (Å²) in [6, 6.07) is 0.501. The van der Waals surface area contributed by atoms with Crippen LogP contribution in [0.1, 0.15) is 32.6 Å². The van der Waals surface area contributed by atoms with E-state index >= 15 is 0 Å². The van der Waals surface area contributed by atoms with Crippen LogP contribution < -0.4 is 5.73 Å². The second kappa shape index (κ2) is 4.75. The first kappa shape index (κ1) is 9.90. The van der Waals surface area contributed by atoms with E-state index in [0.717, 1.165) is 11.1 Å². The summed E-state index contributed by atoms with van der Waals surface area (Å²) < 4.78 is 0. The molecule has 0 aromatic rings. The molecule has 0 spiro atoms. The maximum atomic E-state index is 5.55. The van der Waals surface area contributed by atoms with E-state index in [4.69, 9.17) is 5.73 Å². The van der Waals surface area contributed by atoms with Gasteiger partial charge in [-0.25, -0.2) is 0 Å². The van der Waals surface area contributed by atoms with Crippen molar-refractivity contribution in [3.8, 4) is 0 Å². The number of aliphatic imine (C=N–C) groups is 1. The van der Waals surface area contributed by atoms with Crippen LogP contribution in [0.15, 0.2) is 4.99 Å². The Hall–Kier alpha value is -0.180. The van der Waals surface area contributed by atoms with Crippen LogP contribution in [0.5, 0.6) is 0 Å². The van der Waals surface area contributed by atoms with E-state index < -0.39 is 0 Å². The summed E-state index contributed by atoms with van der Waals surface area (Å²) in [6.45, 7) is 1.88. The Morgan fingerprint density at radius 3 is 2.83 bits per heavy atom. The molecular formula is C9H18N2S. The van der Waals surface area contributed by atoms with Crippen molar-refractivity contribution >= 4 is 17.6 Å². The van der Waals surface area contributed by atoms with E-state index in [1.54, 1.807) is 0 Å². The summed E-state index contributed by atoms with van der Waals surface area (Å²) in [6.07, 6.45) is 7.30. The predicted molar refractivity (Wildman–Crippen MR) is 56.9 cm³/mol. The molecule has 0 saturated heterocycles. The van der Waals surface area contributed by atoms with Crippen LogP contribution >= 0.6 is 11.8 Å². The Bertz CT molecular complexity index is 164. The van der Waals surface area contributed by atoms with Gasteiger partial charge in [-0.1, -0.05) is 6.42 Å². The van der Waals surface area contributed by atoms with Gasteiger partial charge in [-0.2, -0.15) is 11.8 Å². The molecule has 0 bridgehead atoms. The largest absolute Gasteiger partial charge is 0.388 e. The maximum absolute atomic E-state index is 5.55. The second-order valence-electron chi connectivity index (χ2n) is 3.45. The molecule has 3 heteroatoms. The van der Waals surface area contributed by atoms with Crippen molar-refractivity contribution in [3.05, 3.63) is 0 Å². The highest BCUT2D eigenvalue weighted by Gasteiger charge is 2.20. The number of nitrogens with zero attached hydrogens (tertiary/aromatic N) is 1. The Kier molecular flexibility index (Phi) is 3.92. The topological polar surface area (TPSA) is 38.4 Å². The first-order valence-corrected chi connectivity index (χ1v) is 5.84. The molecule has 0 amide bonds. The summed E-state index contributed by atoms with van der Waals surface area (Å²) in [5.41, 5.74) is 5.55. The third-order valence-corrected chi connectivity index (χ3v) is 3.41. The number of amidine groups is 1. The normalized spacial score (nSPS) is 32.0. The van der Waals surface area contributed by atoms with E-state index in [9.17, 15) is 0 Å². The minimum absolute atomic E-state index is 0.501. The van der Waals surface area contributed by atoms with Crippen molar-refractivity contribution in [3.63, 3.8) is 0 Å². The molecule has 2 atom stereocenters. The molecule has 1 aliphatic rings. The number of hydrogen-bond donors (Lipinski definition) is 1. The van der Waals surface area contributed by atoms with Gasteiger partial charge in [0.2, 0.25) is 0 Å². The van der Waals surface area contributed by atoms with Gasteiger partial charge in [0.05, 0.1) is 11.9 Å². The summed E-state index contributed by atoms with van der Waals surface area (Å²) in [4.78, 5) is 4.42. The molecule has 0 aliphatic heterocycles. The molecular weight excluding hydrogens is 168 g/mol. The zero-order valence-electron chi connectivity index (χ0n) is 7.92. The van der Waals surface area contributed by atoms with Crippen LogP contribution in [0, 0.1) is 0 Å². The first-order valence-electron chi connectivity index (χ1n) is 4.55. The fraction of sp³-hybridized carbons (Fsp3) is 0.889. The highest BCUT2D eigenvalue weighted by Crippen LogP contribution is 2.28. The lowest BCUT2D eigenvalue weighted by molar-refractivity contribution is 0.453. The molecule has 1 aliphatic carbocycles. The van der Waals surface area contributed by atoms with Crippen molar-refractivity contribution in [2.45, 2.75) is 43.9 Å². The van der Waals surface area contributed by atoms with Gasteiger partial charge in [-0.15, -0.1) is 0 Å². The van der Waals surface area contributed by atoms with Crippen LogP contribution in [0.4, 0.5) is 0 Å². The van der Waals surface area contributed by atoms with Gasteiger partial charge in [0.1, 0.15) is 0 Å². The zero-order chi connectivity index (χ0) is 8.97. The SMILES string of the molecule is CSC1CCCC(N=C(C)N)C1. The highest BCUT2D eigenvalue weighted by atomic mass is 32.2. The van der Waals surface area contributed by atoms with E-state index in [0.29, 0.717) is 6.04 Å². The van der Waals surface area contributed by atoms with Gasteiger partial charge < -0.3 is 5.73 Å². The van der Waals surface area contributed by atoms with Crippen molar-refractivity contribution in [1.29, 1.82) is 0 Å². The van der Waals surface area contributed by atoms with Crippen molar-refractivity contribution in [2.75, 3.05) is 6.26 Å². The quantitative estimate of drug-likeness (QED) is 0.529. The van der Waals surface area contributed by atoms with E-state index in [2.05, 4.69) is 11.2 Å². The average molecular weight is 186 g/mol. The fourth-order valence-corrected chi connectivity index (χ4v) is 2.56. The molecule has 12 heavy (non-hydrogen) atoms. The third-order valence-electron chi connectivity index (χ3n) is 2.32. The molecule has 1 rings (SSSR count). The van der Waals surface area contributed by atoms with Crippen LogP contribution in [0.25, 0.3) is 0 Å². The molecule has 0 radical (unpaired) electrons. The van der Waals surface area contributed by atoms with Crippen LogP contribution in [0.3, 0.4) is 0 Å². The molecule has 2 unspecified atom stereocenters. The lowest BCUT2D eigenvalue weighted by atomic mass is 9.95. The molecule has 1 fully saturated rings. The molecule has 0 heterocycles. The fourth-order valence-electron chi connectivity index (χ4n) is 1.74. The van der Waals surface area contributed by atoms with Crippen molar-refractivity contribution in [2.24, 2.45) is 10.7 Å². The average Bonchev–Trinajstić information content (AvgIpc) is 2.03. The Morgan fingerprint density at radius 1 is 1.50 bits per heavy atom. The first-order chi connectivity index (χ1) is 5.72. The van der Waals surface area contributed by atoms with E-state index in [1.807, 2.05) is 18.7 Å². The summed E-state index contributed by atoms with van der Waals surface area (Å²) in [5.74, 6) is 0.738. The Morgan fingerprint density at radius 2 is 2.25 bits per heavy atom. The minimum Gasteiger partial charge on any atom is -0.388 e. The lowest BCUT2D eigenvalue weighted by Gasteiger charge is -2.25. The molecule has 2 N–H and O–H groups in total. The van der Waals surface area contributed by atoms with Crippen LogP contribution in [-0.2, 0) is 0 Å². The Balaban J connectivity index is 2.40. The number of thioether (sulfide) groups is 1. The summed E-state index contributed by atoms with van der Waals surface area (Å²) in [5, 5.41) is 0.812. The third kappa shape index (κ3) is 3.05. The number of rotatable bonds is 2. The monoisotopic (exact) mass is 186 g/mol. The molecule has 70 valence electrons. The second-order valence-corrected chi connectivity index (χ2v) is 4.59. The van der Waals surface area contributed by atoms with E-state index in [-0.39, 0.29) is 0 Å². The van der Waals surface area contributed by atoms with Gasteiger partial charge in [-0.3, -0.25) is 4.99 Å². The van der Waals surface area contributed by atoms with Crippen LogP contribution in [-0.4, -0.2) is 23.4 Å². The predicted octanol–water partition coefficient (Wildman–Crippen LogP) is 2.04. The highest BCUT2D eigenvalue weighted by molar-refractivity contribution is 7.99. The van der Waals surface area contributed by atoms with Crippen LogP contribution in [0.2, 0.25) is 0 Å². The summed E-state index contributed by atoms with van der Waals surface area (Å²) in [7, 11) is 0. The number of hydrogen-bond acceptors (Lipinski definition) is 2. The molecule has 0 aromatic heterocycles. The molecule has 1 saturated carbocycles. The zero-order valence-corrected chi connectivity index (χ0v) is 8.73. The standard InChI is InChI=1S/C9H18N2S/c1-7(10)11-8-4-3-5-9(6-8)12-2/h8-9H,3-6H2,1-2H3,(H2,10,11). The van der Waals surface area contributed by atoms with Gasteiger partial charge in [0, 0.05) is 5.25 Å².